The summed E-state index contributed by atoms with van der Waals surface area (Å²) in [5.74, 6) is -0.776. The summed E-state index contributed by atoms with van der Waals surface area (Å²) in [6.07, 6.45) is 4.83. The molecule has 30 heavy (non-hydrogen) atoms. The number of hydrogen-bond acceptors (Lipinski definition) is 4. The molecule has 0 radical (unpaired) electrons. The van der Waals surface area contributed by atoms with E-state index < -0.39 is 14.3 Å². The molecule has 1 aromatic carbocycles. The third-order valence-corrected chi connectivity index (χ3v) is 9.83. The maximum absolute atomic E-state index is 12.5. The first-order valence-electron chi connectivity index (χ1n) is 9.90. The molecule has 1 heterocycles. The Kier molecular flexibility index (Phi) is 7.59. The number of aryl methyl sites for hydroxylation is 2. The van der Waals surface area contributed by atoms with Crippen LogP contribution in [0.2, 0.25) is 18.1 Å². The highest BCUT2D eigenvalue weighted by Crippen LogP contribution is 2.37. The van der Waals surface area contributed by atoms with Gasteiger partial charge in [0.15, 0.2) is 5.76 Å². The molecule has 0 fully saturated rings. The van der Waals surface area contributed by atoms with Crippen LogP contribution in [0.25, 0.3) is 5.53 Å². The summed E-state index contributed by atoms with van der Waals surface area (Å²) in [5.41, 5.74) is 12.0. The molecule has 2 aromatic rings. The van der Waals surface area contributed by atoms with Crippen molar-refractivity contribution in [3.05, 3.63) is 77.4 Å². The molecule has 0 aliphatic heterocycles. The minimum atomic E-state index is -2.24. The molecular formula is C23H30N2O4Si. The molecule has 0 unspecified atom stereocenters. The van der Waals surface area contributed by atoms with Crippen molar-refractivity contribution in [2.24, 2.45) is 0 Å². The van der Waals surface area contributed by atoms with Gasteiger partial charge >= 0.3 is 11.7 Å². The molecule has 1 aromatic heterocycles. The zero-order valence-electron chi connectivity index (χ0n) is 18.4. The summed E-state index contributed by atoms with van der Waals surface area (Å²) < 4.78 is 16.6. The average Bonchev–Trinajstić information content (AvgIpc) is 3.12. The highest BCUT2D eigenvalue weighted by Gasteiger charge is 2.42. The molecule has 2 rings (SSSR count). The number of hydrogen-bond donors (Lipinski definition) is 0. The first-order valence-corrected chi connectivity index (χ1v) is 12.8. The monoisotopic (exact) mass is 426 g/mol. The van der Waals surface area contributed by atoms with E-state index in [1.807, 2.05) is 31.3 Å². The van der Waals surface area contributed by atoms with E-state index in [-0.39, 0.29) is 23.1 Å². The van der Waals surface area contributed by atoms with Crippen molar-refractivity contribution in [2.75, 3.05) is 0 Å². The number of carbonyl (C=O) groups excluding carboxylic acids is 1. The molecule has 0 aliphatic rings. The van der Waals surface area contributed by atoms with Crippen molar-refractivity contribution < 1.29 is 23.2 Å². The van der Waals surface area contributed by atoms with Crippen LogP contribution in [0.4, 0.5) is 0 Å². The molecular weight excluding hydrogens is 396 g/mol. The number of ether oxygens (including phenoxy) is 1. The molecule has 0 spiro atoms. The van der Waals surface area contributed by atoms with Gasteiger partial charge in [0, 0.05) is 5.56 Å². The Hall–Kier alpha value is -2.89. The van der Waals surface area contributed by atoms with Gasteiger partial charge in [0.05, 0.1) is 12.5 Å². The van der Waals surface area contributed by atoms with Gasteiger partial charge in [-0.15, -0.1) is 0 Å². The van der Waals surface area contributed by atoms with E-state index in [4.69, 9.17) is 13.6 Å². The van der Waals surface area contributed by atoms with Crippen LogP contribution in [0.3, 0.4) is 0 Å². The highest BCUT2D eigenvalue weighted by molar-refractivity contribution is 6.74. The lowest BCUT2D eigenvalue weighted by Gasteiger charge is -2.36. The van der Waals surface area contributed by atoms with Gasteiger partial charge in [-0.05, 0) is 48.7 Å². The van der Waals surface area contributed by atoms with Gasteiger partial charge in [0.2, 0.25) is 0 Å². The van der Waals surface area contributed by atoms with Gasteiger partial charge in [-0.2, -0.15) is 4.79 Å². The first kappa shape index (κ1) is 23.4. The Morgan fingerprint density at radius 1 is 1.13 bits per heavy atom. The summed E-state index contributed by atoms with van der Waals surface area (Å²) in [6, 6.07) is 10.1. The maximum atomic E-state index is 12.5. The lowest BCUT2D eigenvalue weighted by molar-refractivity contribution is -0.141. The van der Waals surface area contributed by atoms with Crippen LogP contribution in [-0.4, -0.2) is 24.8 Å². The molecule has 0 saturated heterocycles. The van der Waals surface area contributed by atoms with Gasteiger partial charge in [0.1, 0.15) is 6.61 Å². The SMILES string of the molecule is C=C(O[Si](C)(C)C(C)(C)C)C(=[N+]=[N-])C(=O)OCc1cocc1CCc1ccccc1. The van der Waals surface area contributed by atoms with Crippen molar-refractivity contribution in [3.8, 4) is 0 Å². The fourth-order valence-corrected chi connectivity index (χ4v) is 3.57. The largest absolute Gasteiger partial charge is 0.538 e. The van der Waals surface area contributed by atoms with Crippen LogP contribution in [0, 0.1) is 0 Å². The van der Waals surface area contributed by atoms with Crippen LogP contribution in [0.15, 0.2) is 59.6 Å². The van der Waals surface area contributed by atoms with Crippen LogP contribution >= 0.6 is 0 Å². The van der Waals surface area contributed by atoms with E-state index in [1.165, 1.54) is 5.56 Å². The highest BCUT2D eigenvalue weighted by atomic mass is 28.4. The van der Waals surface area contributed by atoms with Crippen molar-refractivity contribution >= 4 is 20.0 Å². The molecule has 0 amide bonds. The fraction of sp³-hybridized carbons (Fsp3) is 0.391. The minimum absolute atomic E-state index is 0.00580. The number of rotatable bonds is 9. The molecule has 160 valence electrons. The van der Waals surface area contributed by atoms with Crippen LogP contribution < -0.4 is 0 Å². The van der Waals surface area contributed by atoms with Gasteiger partial charge in [-0.3, -0.25) is 0 Å². The Bertz CT molecular complexity index is 936. The molecule has 6 nitrogen and oxygen atoms in total. The normalized spacial score (nSPS) is 11.5. The summed E-state index contributed by atoms with van der Waals surface area (Å²) in [7, 11) is -2.24. The number of furan rings is 1. The number of carbonyl (C=O) groups is 1. The van der Waals surface area contributed by atoms with Crippen LogP contribution in [0.5, 0.6) is 0 Å². The quantitative estimate of drug-likeness (QED) is 0.136. The molecule has 0 N–H and O–H groups in total. The van der Waals surface area contributed by atoms with E-state index in [2.05, 4.69) is 44.3 Å². The second kappa shape index (κ2) is 9.74. The summed E-state index contributed by atoms with van der Waals surface area (Å²) in [5, 5.41) is -0.0924. The lowest BCUT2D eigenvalue weighted by Crippen LogP contribution is -2.42. The summed E-state index contributed by atoms with van der Waals surface area (Å²) in [4.78, 5) is 15.5. The Balaban J connectivity index is 1.97. The van der Waals surface area contributed by atoms with E-state index >= 15 is 0 Å². The Labute approximate surface area is 179 Å². The molecule has 0 bridgehead atoms. The first-order chi connectivity index (χ1) is 14.0. The predicted octanol–water partition coefficient (Wildman–Crippen LogP) is 5.31. The van der Waals surface area contributed by atoms with Crippen molar-refractivity contribution in [1.29, 1.82) is 0 Å². The van der Waals surface area contributed by atoms with E-state index in [0.717, 1.165) is 24.0 Å². The smallest absolute Gasteiger partial charge is 0.438 e. The maximum Gasteiger partial charge on any atom is 0.438 e. The second-order valence-electron chi connectivity index (χ2n) is 8.72. The Morgan fingerprint density at radius 2 is 1.77 bits per heavy atom. The number of esters is 1. The van der Waals surface area contributed by atoms with Crippen LogP contribution in [-0.2, 0) is 33.4 Å². The fourth-order valence-electron chi connectivity index (χ4n) is 2.55. The van der Waals surface area contributed by atoms with E-state index in [1.54, 1.807) is 12.5 Å². The van der Waals surface area contributed by atoms with Crippen molar-refractivity contribution in [2.45, 2.75) is 58.4 Å². The molecule has 0 saturated carbocycles. The van der Waals surface area contributed by atoms with Crippen molar-refractivity contribution in [3.63, 3.8) is 0 Å². The van der Waals surface area contributed by atoms with E-state index in [9.17, 15) is 10.3 Å². The zero-order valence-corrected chi connectivity index (χ0v) is 19.4. The Morgan fingerprint density at radius 3 is 2.37 bits per heavy atom. The topological polar surface area (TPSA) is 85.1 Å². The summed E-state index contributed by atoms with van der Waals surface area (Å²) in [6.45, 7) is 14.0. The van der Waals surface area contributed by atoms with Gasteiger partial charge in [-0.1, -0.05) is 51.1 Å². The standard InChI is InChI=1S/C23H30N2O4Si/c1-17(29-30(5,6)23(2,3)4)21(25-24)22(26)28-16-20-15-27-14-19(20)13-12-18-10-8-7-9-11-18/h7-11,14-15H,1,12-13,16H2,2-6H3. The number of benzene rings is 1. The molecule has 7 heteroatoms. The number of nitrogens with zero attached hydrogens (tertiary/aromatic N) is 2. The predicted molar refractivity (Wildman–Crippen MR) is 118 cm³/mol. The van der Waals surface area contributed by atoms with Gasteiger partial charge in [-0.25, -0.2) is 4.79 Å². The van der Waals surface area contributed by atoms with Crippen LogP contribution in [0.1, 0.15) is 37.5 Å². The zero-order chi connectivity index (χ0) is 22.4. The average molecular weight is 427 g/mol. The van der Waals surface area contributed by atoms with Crippen molar-refractivity contribution in [1.82, 2.24) is 0 Å². The van der Waals surface area contributed by atoms with E-state index in [0.29, 0.717) is 0 Å². The third-order valence-electron chi connectivity index (χ3n) is 5.46. The van der Waals surface area contributed by atoms with Gasteiger partial charge < -0.3 is 19.1 Å². The summed E-state index contributed by atoms with van der Waals surface area (Å²) >= 11 is 0. The molecule has 0 aliphatic carbocycles. The second-order valence-corrected chi connectivity index (χ2v) is 13.4. The minimum Gasteiger partial charge on any atom is -0.538 e. The van der Waals surface area contributed by atoms with Gasteiger partial charge in [0.25, 0.3) is 8.32 Å². The lowest BCUT2D eigenvalue weighted by atomic mass is 10.0. The molecule has 0 atom stereocenters. The third kappa shape index (κ3) is 6.05.